The fourth-order valence-electron chi connectivity index (χ4n) is 1.78. The number of aromatic carboxylic acids is 2. The molecule has 1 aliphatic heterocycles. The topological polar surface area (TPSA) is 83.8 Å². The van der Waals surface area contributed by atoms with Crippen molar-refractivity contribution in [1.82, 2.24) is 0 Å². The molecule has 5 nitrogen and oxygen atoms in total. The van der Waals surface area contributed by atoms with Crippen LogP contribution >= 0.6 is 0 Å². The van der Waals surface area contributed by atoms with E-state index < -0.39 is 17.5 Å². The van der Waals surface area contributed by atoms with Gasteiger partial charge in [0.1, 0.15) is 11.4 Å². The molecule has 0 fully saturated rings. The van der Waals surface area contributed by atoms with Crippen LogP contribution in [0.4, 0.5) is 0 Å². The first kappa shape index (κ1) is 12.2. The Morgan fingerprint density at radius 3 is 2.22 bits per heavy atom. The summed E-state index contributed by atoms with van der Waals surface area (Å²) >= 11 is 0. The number of benzene rings is 1. The van der Waals surface area contributed by atoms with Crippen LogP contribution in [0.2, 0.25) is 0 Å². The first-order chi connectivity index (χ1) is 8.30. The minimum Gasteiger partial charge on any atom is -0.483 e. The molecule has 1 aliphatic rings. The third-order valence-corrected chi connectivity index (χ3v) is 2.65. The van der Waals surface area contributed by atoms with Crippen molar-refractivity contribution >= 4 is 18.0 Å². The number of carboxylic acid groups (broad SMARTS) is 2. The molecule has 94 valence electrons. The van der Waals surface area contributed by atoms with E-state index in [1.165, 1.54) is 12.1 Å². The van der Waals surface area contributed by atoms with Crippen LogP contribution in [0.25, 0.3) is 6.08 Å². The van der Waals surface area contributed by atoms with Crippen LogP contribution in [0.5, 0.6) is 5.75 Å². The summed E-state index contributed by atoms with van der Waals surface area (Å²) in [6.45, 7) is 3.66. The number of fused-ring (bicyclic) bond motifs is 1. The number of hydrogen-bond donors (Lipinski definition) is 2. The van der Waals surface area contributed by atoms with Crippen LogP contribution in [0.15, 0.2) is 18.2 Å². The van der Waals surface area contributed by atoms with Gasteiger partial charge < -0.3 is 14.9 Å². The molecule has 2 N–H and O–H groups in total. The van der Waals surface area contributed by atoms with Crippen molar-refractivity contribution < 1.29 is 24.5 Å². The van der Waals surface area contributed by atoms with Gasteiger partial charge in [-0.25, -0.2) is 9.59 Å². The highest BCUT2D eigenvalue weighted by atomic mass is 16.5. The molecule has 18 heavy (non-hydrogen) atoms. The zero-order valence-electron chi connectivity index (χ0n) is 9.93. The number of carboxylic acids is 2. The number of rotatable bonds is 2. The van der Waals surface area contributed by atoms with Gasteiger partial charge in [0.25, 0.3) is 0 Å². The van der Waals surface area contributed by atoms with Crippen LogP contribution in [0.1, 0.15) is 40.1 Å². The van der Waals surface area contributed by atoms with E-state index >= 15 is 0 Å². The van der Waals surface area contributed by atoms with Gasteiger partial charge in [0.2, 0.25) is 0 Å². The van der Waals surface area contributed by atoms with Gasteiger partial charge in [-0.05, 0) is 32.1 Å². The Hall–Kier alpha value is -2.30. The van der Waals surface area contributed by atoms with Crippen molar-refractivity contribution in [3.05, 3.63) is 34.9 Å². The number of ether oxygens (including phenoxy) is 1. The van der Waals surface area contributed by atoms with E-state index in [1.54, 1.807) is 12.2 Å². The quantitative estimate of drug-likeness (QED) is 0.838. The molecule has 0 atom stereocenters. The molecule has 5 heteroatoms. The third kappa shape index (κ3) is 2.07. The molecule has 0 bridgehead atoms. The largest absolute Gasteiger partial charge is 0.483 e. The fourth-order valence-corrected chi connectivity index (χ4v) is 1.78. The molecular weight excluding hydrogens is 236 g/mol. The monoisotopic (exact) mass is 248 g/mol. The second-order valence-corrected chi connectivity index (χ2v) is 4.58. The van der Waals surface area contributed by atoms with Crippen molar-refractivity contribution in [3.8, 4) is 5.75 Å². The molecule has 1 aromatic carbocycles. The van der Waals surface area contributed by atoms with Crippen LogP contribution < -0.4 is 4.74 Å². The lowest BCUT2D eigenvalue weighted by Gasteiger charge is -2.28. The van der Waals surface area contributed by atoms with E-state index in [2.05, 4.69) is 0 Å². The summed E-state index contributed by atoms with van der Waals surface area (Å²) in [6.07, 6.45) is 3.53. The molecule has 1 aromatic rings. The van der Waals surface area contributed by atoms with Gasteiger partial charge in [-0.3, -0.25) is 0 Å². The van der Waals surface area contributed by atoms with Gasteiger partial charge in [-0.1, -0.05) is 6.08 Å². The molecule has 0 saturated carbocycles. The Kier molecular flexibility index (Phi) is 2.62. The first-order valence-corrected chi connectivity index (χ1v) is 5.33. The SMILES string of the molecule is CC1(C)C=Cc2cc(C(=O)O)c(C(=O)O)cc2O1. The van der Waals surface area contributed by atoms with Gasteiger partial charge in [0.05, 0.1) is 11.1 Å². The fraction of sp³-hybridized carbons (Fsp3) is 0.231. The average molecular weight is 248 g/mol. The Labute approximate surface area is 103 Å². The maximum atomic E-state index is 11.0. The van der Waals surface area contributed by atoms with E-state index in [0.29, 0.717) is 11.3 Å². The summed E-state index contributed by atoms with van der Waals surface area (Å²) in [4.78, 5) is 22.0. The molecule has 1 heterocycles. The predicted octanol–water partition coefficient (Wildman–Crippen LogP) is 2.27. The van der Waals surface area contributed by atoms with Crippen LogP contribution in [-0.2, 0) is 0 Å². The average Bonchev–Trinajstić information content (AvgIpc) is 2.25. The number of carbonyl (C=O) groups is 2. The molecule has 0 amide bonds. The smallest absolute Gasteiger partial charge is 0.336 e. The van der Waals surface area contributed by atoms with Crippen molar-refractivity contribution in [3.63, 3.8) is 0 Å². The molecule has 2 rings (SSSR count). The highest BCUT2D eigenvalue weighted by molar-refractivity contribution is 6.02. The van der Waals surface area contributed by atoms with Gasteiger partial charge in [0, 0.05) is 5.56 Å². The van der Waals surface area contributed by atoms with Gasteiger partial charge in [-0.15, -0.1) is 0 Å². The van der Waals surface area contributed by atoms with Crippen LogP contribution in [0, 0.1) is 0 Å². The standard InChI is InChI=1S/C13H12O5/c1-13(2)4-3-7-5-8(11(14)15)9(12(16)17)6-10(7)18-13/h3-6H,1-2H3,(H,14,15)(H,16,17). The van der Waals surface area contributed by atoms with E-state index in [-0.39, 0.29) is 11.1 Å². The molecular formula is C13H12O5. The van der Waals surface area contributed by atoms with E-state index in [4.69, 9.17) is 14.9 Å². The minimum absolute atomic E-state index is 0.241. The van der Waals surface area contributed by atoms with Gasteiger partial charge in [-0.2, -0.15) is 0 Å². The van der Waals surface area contributed by atoms with Gasteiger partial charge in [0.15, 0.2) is 0 Å². The maximum Gasteiger partial charge on any atom is 0.336 e. The Bertz CT molecular complexity index is 569. The summed E-state index contributed by atoms with van der Waals surface area (Å²) < 4.78 is 5.60. The Balaban J connectivity index is 2.62. The third-order valence-electron chi connectivity index (χ3n) is 2.65. The summed E-state index contributed by atoms with van der Waals surface area (Å²) in [5.41, 5.74) is -0.480. The second-order valence-electron chi connectivity index (χ2n) is 4.58. The molecule has 0 aliphatic carbocycles. The summed E-state index contributed by atoms with van der Waals surface area (Å²) in [5.74, 6) is -2.18. The molecule has 0 spiro atoms. The minimum atomic E-state index is -1.29. The lowest BCUT2D eigenvalue weighted by Crippen LogP contribution is -2.28. The molecule has 0 aromatic heterocycles. The zero-order chi connectivity index (χ0) is 13.5. The maximum absolute atomic E-state index is 11.0. The summed E-state index contributed by atoms with van der Waals surface area (Å²) in [5, 5.41) is 18.0. The van der Waals surface area contributed by atoms with E-state index in [9.17, 15) is 9.59 Å². The van der Waals surface area contributed by atoms with Crippen molar-refractivity contribution in [2.45, 2.75) is 19.4 Å². The highest BCUT2D eigenvalue weighted by Gasteiger charge is 2.25. The highest BCUT2D eigenvalue weighted by Crippen LogP contribution is 2.33. The van der Waals surface area contributed by atoms with Crippen LogP contribution in [-0.4, -0.2) is 27.8 Å². The van der Waals surface area contributed by atoms with Crippen molar-refractivity contribution in [2.75, 3.05) is 0 Å². The zero-order valence-corrected chi connectivity index (χ0v) is 9.93. The molecule has 0 saturated heterocycles. The summed E-state index contributed by atoms with van der Waals surface area (Å²) in [6, 6.07) is 2.57. The van der Waals surface area contributed by atoms with E-state index in [0.717, 1.165) is 0 Å². The molecule has 0 unspecified atom stereocenters. The predicted molar refractivity (Wildman–Crippen MR) is 64.1 cm³/mol. The lowest BCUT2D eigenvalue weighted by atomic mass is 9.97. The number of hydrogen-bond acceptors (Lipinski definition) is 3. The molecule has 0 radical (unpaired) electrons. The Morgan fingerprint density at radius 2 is 1.67 bits per heavy atom. The second kappa shape index (κ2) is 3.87. The van der Waals surface area contributed by atoms with Gasteiger partial charge >= 0.3 is 11.9 Å². The first-order valence-electron chi connectivity index (χ1n) is 5.33. The Morgan fingerprint density at radius 1 is 1.11 bits per heavy atom. The lowest BCUT2D eigenvalue weighted by molar-refractivity contribution is 0.0650. The summed E-state index contributed by atoms with van der Waals surface area (Å²) in [7, 11) is 0. The van der Waals surface area contributed by atoms with Crippen molar-refractivity contribution in [2.24, 2.45) is 0 Å². The normalized spacial score (nSPS) is 15.7. The van der Waals surface area contributed by atoms with E-state index in [1.807, 2.05) is 13.8 Å². The van der Waals surface area contributed by atoms with Crippen molar-refractivity contribution in [1.29, 1.82) is 0 Å². The van der Waals surface area contributed by atoms with Crippen LogP contribution in [0.3, 0.4) is 0 Å².